The van der Waals surface area contributed by atoms with Crippen molar-refractivity contribution in [2.24, 2.45) is 0 Å². The fourth-order valence-electron chi connectivity index (χ4n) is 1.72. The number of amides is 1. The number of carboxylic acids is 1. The van der Waals surface area contributed by atoms with Gasteiger partial charge in [-0.05, 0) is 29.1 Å². The summed E-state index contributed by atoms with van der Waals surface area (Å²) in [4.78, 5) is 23.4. The molecule has 0 bridgehead atoms. The van der Waals surface area contributed by atoms with E-state index in [2.05, 4.69) is 5.32 Å². The quantitative estimate of drug-likeness (QED) is 0.821. The van der Waals surface area contributed by atoms with E-state index in [4.69, 9.17) is 9.84 Å². The number of ether oxygens (including phenoxy) is 1. The molecule has 6 heteroatoms. The average Bonchev–Trinajstić information content (AvgIpc) is 2.96. The van der Waals surface area contributed by atoms with Gasteiger partial charge in [0.05, 0.1) is 13.0 Å². The summed E-state index contributed by atoms with van der Waals surface area (Å²) < 4.78 is 5.36. The molecule has 0 saturated heterocycles. The van der Waals surface area contributed by atoms with E-state index in [1.54, 1.807) is 35.6 Å². The Morgan fingerprint density at radius 3 is 2.81 bits per heavy atom. The van der Waals surface area contributed by atoms with Gasteiger partial charge in [-0.3, -0.25) is 9.59 Å². The van der Waals surface area contributed by atoms with Gasteiger partial charge in [0, 0.05) is 4.88 Å². The predicted molar refractivity (Wildman–Crippen MR) is 79.4 cm³/mol. The van der Waals surface area contributed by atoms with Crippen molar-refractivity contribution in [1.29, 1.82) is 0 Å². The van der Waals surface area contributed by atoms with Crippen molar-refractivity contribution >= 4 is 23.2 Å². The molecule has 0 aliphatic carbocycles. The molecule has 110 valence electrons. The first kappa shape index (κ1) is 15.1. The van der Waals surface area contributed by atoms with Crippen LogP contribution in [-0.4, -0.2) is 23.6 Å². The summed E-state index contributed by atoms with van der Waals surface area (Å²) >= 11 is 1.58. The molecule has 2 N–H and O–H groups in total. The second kappa shape index (κ2) is 7.44. The molecule has 1 amide bonds. The molecule has 0 aliphatic heterocycles. The van der Waals surface area contributed by atoms with Gasteiger partial charge < -0.3 is 15.2 Å². The topological polar surface area (TPSA) is 75.6 Å². The second-order valence-electron chi connectivity index (χ2n) is 4.36. The van der Waals surface area contributed by atoms with Crippen molar-refractivity contribution < 1.29 is 19.4 Å². The van der Waals surface area contributed by atoms with Gasteiger partial charge in [-0.25, -0.2) is 0 Å². The highest BCUT2D eigenvalue weighted by Gasteiger charge is 2.05. The molecular weight excluding hydrogens is 290 g/mol. The lowest BCUT2D eigenvalue weighted by atomic mass is 10.1. The van der Waals surface area contributed by atoms with Crippen LogP contribution in [0.1, 0.15) is 10.4 Å². The maximum Gasteiger partial charge on any atom is 0.307 e. The molecule has 0 spiro atoms. The van der Waals surface area contributed by atoms with Gasteiger partial charge in [-0.1, -0.05) is 18.2 Å². The third-order valence-electron chi connectivity index (χ3n) is 2.66. The number of carboxylic acid groups (broad SMARTS) is 1. The van der Waals surface area contributed by atoms with Crippen LogP contribution in [-0.2, 0) is 22.6 Å². The Bertz CT molecular complexity index is 610. The number of nitrogens with one attached hydrogen (secondary N) is 1. The van der Waals surface area contributed by atoms with Crippen molar-refractivity contribution in [3.8, 4) is 5.75 Å². The first-order valence-electron chi connectivity index (χ1n) is 6.36. The number of aliphatic carboxylic acids is 1. The number of benzene rings is 1. The Morgan fingerprint density at radius 1 is 1.24 bits per heavy atom. The molecule has 1 aromatic heterocycles. The minimum atomic E-state index is -0.902. The molecule has 0 fully saturated rings. The highest BCUT2D eigenvalue weighted by atomic mass is 32.1. The molecule has 0 radical (unpaired) electrons. The number of hydrogen-bond acceptors (Lipinski definition) is 4. The van der Waals surface area contributed by atoms with Crippen LogP contribution < -0.4 is 10.1 Å². The van der Waals surface area contributed by atoms with Gasteiger partial charge in [0.25, 0.3) is 5.91 Å². The zero-order chi connectivity index (χ0) is 15.1. The highest BCUT2D eigenvalue weighted by molar-refractivity contribution is 7.09. The van der Waals surface area contributed by atoms with E-state index in [-0.39, 0.29) is 18.9 Å². The summed E-state index contributed by atoms with van der Waals surface area (Å²) in [6, 6.07) is 10.6. The van der Waals surface area contributed by atoms with Crippen LogP contribution in [0.15, 0.2) is 41.8 Å². The SMILES string of the molecule is O=C(O)Cc1cccc(OCC(=O)NCc2cccs2)c1. The summed E-state index contributed by atoms with van der Waals surface area (Å²) in [5, 5.41) is 13.4. The van der Waals surface area contributed by atoms with Crippen molar-refractivity contribution in [3.05, 3.63) is 52.2 Å². The second-order valence-corrected chi connectivity index (χ2v) is 5.39. The van der Waals surface area contributed by atoms with Crippen LogP contribution >= 0.6 is 11.3 Å². The maximum atomic E-state index is 11.6. The summed E-state index contributed by atoms with van der Waals surface area (Å²) in [5.41, 5.74) is 0.638. The van der Waals surface area contributed by atoms with Gasteiger partial charge in [0.1, 0.15) is 5.75 Å². The Hall–Kier alpha value is -2.34. The molecule has 1 aromatic carbocycles. The number of carbonyl (C=O) groups is 2. The summed E-state index contributed by atoms with van der Waals surface area (Å²) in [6.45, 7) is 0.390. The van der Waals surface area contributed by atoms with Crippen LogP contribution in [0.4, 0.5) is 0 Å². The number of hydrogen-bond donors (Lipinski definition) is 2. The Morgan fingerprint density at radius 2 is 2.10 bits per heavy atom. The summed E-state index contributed by atoms with van der Waals surface area (Å²) in [7, 11) is 0. The first-order valence-corrected chi connectivity index (χ1v) is 7.24. The minimum Gasteiger partial charge on any atom is -0.484 e. The first-order chi connectivity index (χ1) is 10.1. The molecule has 1 heterocycles. The maximum absolute atomic E-state index is 11.6. The lowest BCUT2D eigenvalue weighted by molar-refractivity contribution is -0.136. The van der Waals surface area contributed by atoms with Crippen LogP contribution in [0.25, 0.3) is 0 Å². The summed E-state index contributed by atoms with van der Waals surface area (Å²) in [5.74, 6) is -0.632. The fraction of sp³-hybridized carbons (Fsp3) is 0.200. The molecule has 0 saturated carbocycles. The zero-order valence-corrected chi connectivity index (χ0v) is 12.1. The van der Waals surface area contributed by atoms with Gasteiger partial charge in [0.2, 0.25) is 0 Å². The van der Waals surface area contributed by atoms with Gasteiger partial charge >= 0.3 is 5.97 Å². The summed E-state index contributed by atoms with van der Waals surface area (Å²) in [6.07, 6.45) is -0.0677. The van der Waals surface area contributed by atoms with E-state index in [1.807, 2.05) is 17.5 Å². The standard InChI is InChI=1S/C15H15NO4S/c17-14(16-9-13-5-2-6-21-13)10-20-12-4-1-3-11(7-12)8-15(18)19/h1-7H,8-10H2,(H,16,17)(H,18,19). The van der Waals surface area contributed by atoms with Crippen LogP contribution in [0.2, 0.25) is 0 Å². The van der Waals surface area contributed by atoms with Crippen LogP contribution in [0.3, 0.4) is 0 Å². The van der Waals surface area contributed by atoms with E-state index < -0.39 is 5.97 Å². The largest absolute Gasteiger partial charge is 0.484 e. The molecule has 5 nitrogen and oxygen atoms in total. The lowest BCUT2D eigenvalue weighted by Crippen LogP contribution is -2.28. The lowest BCUT2D eigenvalue weighted by Gasteiger charge is -2.08. The van der Waals surface area contributed by atoms with E-state index in [1.165, 1.54) is 0 Å². The number of rotatable bonds is 7. The van der Waals surface area contributed by atoms with Gasteiger partial charge in [-0.2, -0.15) is 0 Å². The highest BCUT2D eigenvalue weighted by Crippen LogP contribution is 2.14. The minimum absolute atomic E-state index is 0.0677. The smallest absolute Gasteiger partial charge is 0.307 e. The molecule has 0 aliphatic rings. The monoisotopic (exact) mass is 305 g/mol. The van der Waals surface area contributed by atoms with Crippen molar-refractivity contribution in [1.82, 2.24) is 5.32 Å². The Balaban J connectivity index is 1.79. The van der Waals surface area contributed by atoms with Crippen molar-refractivity contribution in [2.45, 2.75) is 13.0 Å². The molecular formula is C15H15NO4S. The molecule has 2 aromatic rings. The average molecular weight is 305 g/mol. The van der Waals surface area contributed by atoms with E-state index in [0.29, 0.717) is 17.9 Å². The van der Waals surface area contributed by atoms with Crippen molar-refractivity contribution in [2.75, 3.05) is 6.61 Å². The number of thiophene rings is 1. The molecule has 0 atom stereocenters. The van der Waals surface area contributed by atoms with Crippen LogP contribution in [0.5, 0.6) is 5.75 Å². The van der Waals surface area contributed by atoms with E-state index in [9.17, 15) is 9.59 Å². The molecule has 2 rings (SSSR count). The third-order valence-corrected chi connectivity index (χ3v) is 3.54. The Labute approximate surface area is 126 Å². The molecule has 0 unspecified atom stereocenters. The van der Waals surface area contributed by atoms with E-state index >= 15 is 0 Å². The zero-order valence-electron chi connectivity index (χ0n) is 11.2. The van der Waals surface area contributed by atoms with Gasteiger partial charge in [0.15, 0.2) is 6.61 Å². The molecule has 21 heavy (non-hydrogen) atoms. The van der Waals surface area contributed by atoms with Crippen LogP contribution in [0, 0.1) is 0 Å². The normalized spacial score (nSPS) is 10.1. The van der Waals surface area contributed by atoms with Crippen molar-refractivity contribution in [3.63, 3.8) is 0 Å². The number of carbonyl (C=O) groups excluding carboxylic acids is 1. The predicted octanol–water partition coefficient (Wildman–Crippen LogP) is 2.07. The van der Waals surface area contributed by atoms with E-state index in [0.717, 1.165) is 4.88 Å². The fourth-order valence-corrected chi connectivity index (χ4v) is 2.36. The third kappa shape index (κ3) is 5.27. The van der Waals surface area contributed by atoms with Gasteiger partial charge in [-0.15, -0.1) is 11.3 Å². The Kier molecular flexibility index (Phi) is 5.34.